The first-order valence-electron chi connectivity index (χ1n) is 8.83. The fraction of sp³-hybridized carbons (Fsp3) is 0.600. The van der Waals surface area contributed by atoms with Crippen LogP contribution in [0.5, 0.6) is 5.75 Å². The van der Waals surface area contributed by atoms with Crippen molar-refractivity contribution in [1.82, 2.24) is 0 Å². The van der Waals surface area contributed by atoms with Crippen LogP contribution >= 0.6 is 0 Å². The minimum atomic E-state index is 0.437. The van der Waals surface area contributed by atoms with Crippen molar-refractivity contribution >= 4 is 0 Å². The second-order valence-electron chi connectivity index (χ2n) is 6.41. The number of benzene rings is 1. The molecule has 1 fully saturated rings. The maximum absolute atomic E-state index is 12.2. The van der Waals surface area contributed by atoms with E-state index < -0.39 is 0 Å². The summed E-state index contributed by atoms with van der Waals surface area (Å²) in [4.78, 5) is 0. The third kappa shape index (κ3) is 5.47. The molecule has 0 unspecified atom stereocenters. The van der Waals surface area contributed by atoms with Crippen LogP contribution in [0.15, 0.2) is 36.7 Å². The van der Waals surface area contributed by atoms with Crippen LogP contribution in [0, 0.1) is 5.92 Å². The molecule has 1 aliphatic carbocycles. The van der Waals surface area contributed by atoms with Crippen LogP contribution in [0.4, 0.5) is 4.39 Å². The predicted molar refractivity (Wildman–Crippen MR) is 91.0 cm³/mol. The van der Waals surface area contributed by atoms with Gasteiger partial charge in [0.1, 0.15) is 5.75 Å². The molecule has 0 aliphatic heterocycles. The van der Waals surface area contributed by atoms with Gasteiger partial charge in [-0.2, -0.15) is 0 Å². The van der Waals surface area contributed by atoms with E-state index >= 15 is 0 Å². The molecule has 1 nitrogen and oxygen atoms in total. The molecular weight excluding hydrogens is 275 g/mol. The van der Waals surface area contributed by atoms with E-state index in [0.717, 1.165) is 44.5 Å². The molecule has 0 amide bonds. The number of unbranched alkanes of at least 4 members (excludes halogenated alkanes) is 3. The summed E-state index contributed by atoms with van der Waals surface area (Å²) in [6.45, 7) is 3.04. The Hall–Kier alpha value is -1.31. The Morgan fingerprint density at radius 1 is 1.05 bits per heavy atom. The summed E-state index contributed by atoms with van der Waals surface area (Å²) < 4.78 is 18.0. The molecule has 0 bridgehead atoms. The van der Waals surface area contributed by atoms with Gasteiger partial charge in [-0.15, -0.1) is 0 Å². The zero-order valence-corrected chi connectivity index (χ0v) is 13.8. The second-order valence-corrected chi connectivity index (χ2v) is 6.41. The summed E-state index contributed by atoms with van der Waals surface area (Å²) in [6, 6.07) is 8.61. The second kappa shape index (κ2) is 9.66. The van der Waals surface area contributed by atoms with E-state index in [1.165, 1.54) is 24.8 Å². The number of allylic oxidation sites excluding steroid dienone is 1. The highest BCUT2D eigenvalue weighted by atomic mass is 19.1. The Kier molecular flexibility index (Phi) is 7.48. The van der Waals surface area contributed by atoms with Gasteiger partial charge in [0.25, 0.3) is 0 Å². The quantitative estimate of drug-likeness (QED) is 0.505. The van der Waals surface area contributed by atoms with Gasteiger partial charge in [0.05, 0.1) is 12.9 Å². The molecule has 1 aromatic carbocycles. The van der Waals surface area contributed by atoms with Gasteiger partial charge in [-0.3, -0.25) is 0 Å². The van der Waals surface area contributed by atoms with Crippen LogP contribution < -0.4 is 4.74 Å². The van der Waals surface area contributed by atoms with E-state index in [-0.39, 0.29) is 0 Å². The maximum Gasteiger partial charge on any atom is 0.119 e. The van der Waals surface area contributed by atoms with E-state index in [1.807, 2.05) is 0 Å². The van der Waals surface area contributed by atoms with Crippen molar-refractivity contribution in [3.63, 3.8) is 0 Å². The molecule has 0 heterocycles. The Labute approximate surface area is 134 Å². The minimum Gasteiger partial charge on any atom is -0.494 e. The standard InChI is InChI=1S/C20H29FO/c1-2-3-4-5-16-22-20-12-10-19(11-13-20)18-8-6-17(7-9-18)14-15-21/h10-15,17-18H,2-9,16H2,1H3/b15-14+. The molecule has 122 valence electrons. The highest BCUT2D eigenvalue weighted by molar-refractivity contribution is 5.29. The molecule has 22 heavy (non-hydrogen) atoms. The van der Waals surface area contributed by atoms with Gasteiger partial charge in [0, 0.05) is 0 Å². The Bertz CT molecular complexity index is 430. The van der Waals surface area contributed by atoms with E-state index in [2.05, 4.69) is 31.2 Å². The molecule has 0 saturated heterocycles. The lowest BCUT2D eigenvalue weighted by Crippen LogP contribution is -2.11. The average Bonchev–Trinajstić information content (AvgIpc) is 2.56. The molecule has 2 rings (SSSR count). The topological polar surface area (TPSA) is 9.23 Å². The van der Waals surface area contributed by atoms with Crippen LogP contribution in [-0.2, 0) is 0 Å². The van der Waals surface area contributed by atoms with Crippen molar-refractivity contribution in [2.75, 3.05) is 6.61 Å². The molecule has 0 radical (unpaired) electrons. The lowest BCUT2D eigenvalue weighted by molar-refractivity contribution is 0.304. The van der Waals surface area contributed by atoms with E-state index in [0.29, 0.717) is 18.2 Å². The SMILES string of the molecule is CCCCCCOc1ccc(C2CCC(/C=C/F)CC2)cc1. The number of hydrogen-bond acceptors (Lipinski definition) is 1. The van der Waals surface area contributed by atoms with Crippen molar-refractivity contribution in [2.24, 2.45) is 5.92 Å². The molecular formula is C20H29FO. The molecule has 1 aliphatic rings. The molecule has 0 N–H and O–H groups in total. The van der Waals surface area contributed by atoms with Crippen molar-refractivity contribution in [2.45, 2.75) is 64.2 Å². The largest absolute Gasteiger partial charge is 0.494 e. The van der Waals surface area contributed by atoms with E-state index in [9.17, 15) is 4.39 Å². The Balaban J connectivity index is 1.75. The van der Waals surface area contributed by atoms with Crippen molar-refractivity contribution in [3.8, 4) is 5.75 Å². The summed E-state index contributed by atoms with van der Waals surface area (Å²) in [5.41, 5.74) is 1.40. The summed E-state index contributed by atoms with van der Waals surface area (Å²) in [5.74, 6) is 2.05. The van der Waals surface area contributed by atoms with E-state index in [4.69, 9.17) is 4.74 Å². The maximum atomic E-state index is 12.2. The van der Waals surface area contributed by atoms with Crippen LogP contribution in [0.1, 0.15) is 69.8 Å². The van der Waals surface area contributed by atoms with Gasteiger partial charge >= 0.3 is 0 Å². The smallest absolute Gasteiger partial charge is 0.119 e. The summed E-state index contributed by atoms with van der Waals surface area (Å²) in [6.07, 6.45) is 11.9. The van der Waals surface area contributed by atoms with Crippen LogP contribution in [-0.4, -0.2) is 6.61 Å². The molecule has 0 atom stereocenters. The third-order valence-electron chi connectivity index (χ3n) is 4.73. The van der Waals surface area contributed by atoms with Crippen molar-refractivity contribution < 1.29 is 9.13 Å². The minimum absolute atomic E-state index is 0.437. The first kappa shape index (κ1) is 17.1. The van der Waals surface area contributed by atoms with Crippen LogP contribution in [0.2, 0.25) is 0 Å². The zero-order valence-electron chi connectivity index (χ0n) is 13.8. The molecule has 1 aromatic rings. The fourth-order valence-electron chi connectivity index (χ4n) is 3.30. The average molecular weight is 304 g/mol. The predicted octanol–water partition coefficient (Wildman–Crippen LogP) is 6.40. The Morgan fingerprint density at radius 3 is 2.41 bits per heavy atom. The van der Waals surface area contributed by atoms with Crippen LogP contribution in [0.25, 0.3) is 0 Å². The van der Waals surface area contributed by atoms with Crippen LogP contribution in [0.3, 0.4) is 0 Å². The van der Waals surface area contributed by atoms with Gasteiger partial charge in [-0.1, -0.05) is 44.4 Å². The summed E-state index contributed by atoms with van der Waals surface area (Å²) >= 11 is 0. The normalized spacial score (nSPS) is 22.1. The fourth-order valence-corrected chi connectivity index (χ4v) is 3.30. The molecule has 2 heteroatoms. The summed E-state index contributed by atoms with van der Waals surface area (Å²) in [7, 11) is 0. The lowest BCUT2D eigenvalue weighted by Gasteiger charge is -2.26. The summed E-state index contributed by atoms with van der Waals surface area (Å²) in [5, 5.41) is 0. The van der Waals surface area contributed by atoms with Gasteiger partial charge in [-0.25, -0.2) is 4.39 Å². The van der Waals surface area contributed by atoms with Gasteiger partial charge in [-0.05, 0) is 61.6 Å². The lowest BCUT2D eigenvalue weighted by atomic mass is 9.79. The first-order chi connectivity index (χ1) is 10.8. The van der Waals surface area contributed by atoms with Crippen molar-refractivity contribution in [3.05, 3.63) is 42.2 Å². The van der Waals surface area contributed by atoms with Gasteiger partial charge in [0.2, 0.25) is 0 Å². The van der Waals surface area contributed by atoms with Crippen molar-refractivity contribution in [1.29, 1.82) is 0 Å². The first-order valence-corrected chi connectivity index (χ1v) is 8.83. The van der Waals surface area contributed by atoms with Gasteiger partial charge < -0.3 is 4.74 Å². The zero-order chi connectivity index (χ0) is 15.6. The third-order valence-corrected chi connectivity index (χ3v) is 4.73. The molecule has 0 spiro atoms. The number of ether oxygens (including phenoxy) is 1. The van der Waals surface area contributed by atoms with E-state index in [1.54, 1.807) is 6.08 Å². The molecule has 1 saturated carbocycles. The number of hydrogen-bond donors (Lipinski definition) is 0. The monoisotopic (exact) mass is 304 g/mol. The Morgan fingerprint density at radius 2 is 1.77 bits per heavy atom. The van der Waals surface area contributed by atoms with Gasteiger partial charge in [0.15, 0.2) is 0 Å². The highest BCUT2D eigenvalue weighted by Gasteiger charge is 2.20. The molecule has 0 aromatic heterocycles. The number of rotatable bonds is 8. The number of halogens is 1. The highest BCUT2D eigenvalue weighted by Crippen LogP contribution is 2.36.